The highest BCUT2D eigenvalue weighted by molar-refractivity contribution is 7.89. The smallest absolute Gasteiger partial charge is 0.241 e. The Bertz CT molecular complexity index is 986. The van der Waals surface area contributed by atoms with Crippen LogP contribution in [0.3, 0.4) is 0 Å². The summed E-state index contributed by atoms with van der Waals surface area (Å²) >= 11 is 1.69. The van der Waals surface area contributed by atoms with Crippen LogP contribution in [0.4, 0.5) is 0 Å². The molecule has 136 valence electrons. The Morgan fingerprint density at radius 3 is 2.54 bits per heavy atom. The molecule has 1 N–H and O–H groups in total. The van der Waals surface area contributed by atoms with Crippen molar-refractivity contribution in [2.45, 2.75) is 23.2 Å². The lowest BCUT2D eigenvalue weighted by atomic mass is 9.79. The Hall–Kier alpha value is -1.73. The number of ether oxygens (including phenoxy) is 1. The average Bonchev–Trinajstić information content (AvgIpc) is 3.22. The lowest BCUT2D eigenvalue weighted by Crippen LogP contribution is -2.44. The lowest BCUT2D eigenvalue weighted by Gasteiger charge is -2.36. The molecule has 4 rings (SSSR count). The number of thiophene rings is 1. The Kier molecular flexibility index (Phi) is 4.84. The third kappa shape index (κ3) is 3.30. The van der Waals surface area contributed by atoms with Gasteiger partial charge in [0.05, 0.1) is 4.90 Å². The Balaban J connectivity index is 1.65. The predicted octanol–water partition coefficient (Wildman–Crippen LogP) is 3.93. The largest absolute Gasteiger partial charge is 0.381 e. The summed E-state index contributed by atoms with van der Waals surface area (Å²) in [5.74, 6) is 0. The molecule has 0 spiro atoms. The van der Waals surface area contributed by atoms with Gasteiger partial charge in [-0.15, -0.1) is 11.3 Å². The van der Waals surface area contributed by atoms with Crippen molar-refractivity contribution in [3.63, 3.8) is 0 Å². The standard InChI is InChI=1S/C20H21NO3S2/c22-26(23,18-8-3-6-16-5-1-2-7-17(16)18)21-15-20(10-12-24-13-11-20)19-9-4-14-25-19/h1-9,14,21H,10-13,15H2. The minimum Gasteiger partial charge on any atom is -0.381 e. The van der Waals surface area contributed by atoms with Crippen molar-refractivity contribution in [3.8, 4) is 0 Å². The van der Waals surface area contributed by atoms with E-state index >= 15 is 0 Å². The van der Waals surface area contributed by atoms with Gasteiger partial charge in [0.2, 0.25) is 10.0 Å². The van der Waals surface area contributed by atoms with Gasteiger partial charge in [0.15, 0.2) is 0 Å². The van der Waals surface area contributed by atoms with Crippen LogP contribution in [0.15, 0.2) is 64.9 Å². The van der Waals surface area contributed by atoms with E-state index in [1.165, 1.54) is 4.88 Å². The van der Waals surface area contributed by atoms with E-state index in [-0.39, 0.29) is 5.41 Å². The second kappa shape index (κ2) is 7.12. The molecule has 2 aromatic carbocycles. The summed E-state index contributed by atoms with van der Waals surface area (Å²) in [6, 6.07) is 17.1. The monoisotopic (exact) mass is 387 g/mol. The van der Waals surface area contributed by atoms with Gasteiger partial charge in [0.1, 0.15) is 0 Å². The second-order valence-electron chi connectivity index (χ2n) is 6.67. The van der Waals surface area contributed by atoms with Crippen LogP contribution in [-0.4, -0.2) is 28.2 Å². The molecular formula is C20H21NO3S2. The highest BCUT2D eigenvalue weighted by Gasteiger charge is 2.36. The van der Waals surface area contributed by atoms with Crippen LogP contribution >= 0.6 is 11.3 Å². The number of benzene rings is 2. The van der Waals surface area contributed by atoms with Crippen LogP contribution in [0, 0.1) is 0 Å². The molecular weight excluding hydrogens is 366 g/mol. The lowest BCUT2D eigenvalue weighted by molar-refractivity contribution is 0.0529. The molecule has 0 radical (unpaired) electrons. The Labute approximate surface area is 157 Å². The maximum absolute atomic E-state index is 13.1. The summed E-state index contributed by atoms with van der Waals surface area (Å²) in [4.78, 5) is 1.56. The van der Waals surface area contributed by atoms with Crippen molar-refractivity contribution in [1.82, 2.24) is 4.72 Å². The van der Waals surface area contributed by atoms with Gasteiger partial charge in [-0.3, -0.25) is 0 Å². The molecule has 1 fully saturated rings. The first-order valence-corrected chi connectivity index (χ1v) is 11.1. The molecule has 0 aliphatic carbocycles. The summed E-state index contributed by atoms with van der Waals surface area (Å²) < 4.78 is 34.5. The number of sulfonamides is 1. The van der Waals surface area contributed by atoms with Crippen LogP contribution in [0.25, 0.3) is 10.8 Å². The zero-order valence-corrected chi connectivity index (χ0v) is 16.0. The van der Waals surface area contributed by atoms with Gasteiger partial charge in [-0.1, -0.05) is 42.5 Å². The molecule has 0 amide bonds. The number of nitrogens with one attached hydrogen (secondary N) is 1. The molecule has 0 bridgehead atoms. The zero-order chi connectivity index (χ0) is 18.0. The summed E-state index contributed by atoms with van der Waals surface area (Å²) in [7, 11) is -3.60. The van der Waals surface area contributed by atoms with E-state index in [2.05, 4.69) is 10.8 Å². The molecule has 4 nitrogen and oxygen atoms in total. The van der Waals surface area contributed by atoms with E-state index in [0.29, 0.717) is 24.7 Å². The quantitative estimate of drug-likeness (QED) is 0.722. The fraction of sp³-hybridized carbons (Fsp3) is 0.300. The molecule has 3 aromatic rings. The Morgan fingerprint density at radius 2 is 1.77 bits per heavy atom. The van der Waals surface area contributed by atoms with Crippen LogP contribution < -0.4 is 4.72 Å². The molecule has 0 saturated carbocycles. The first kappa shape index (κ1) is 17.7. The summed E-state index contributed by atoms with van der Waals surface area (Å²) in [6.45, 7) is 1.71. The minimum atomic E-state index is -3.60. The molecule has 1 aromatic heterocycles. The molecule has 1 saturated heterocycles. The molecule has 1 aliphatic heterocycles. The third-order valence-electron chi connectivity index (χ3n) is 5.13. The first-order chi connectivity index (χ1) is 12.6. The number of rotatable bonds is 5. The number of hydrogen-bond donors (Lipinski definition) is 1. The van der Waals surface area contributed by atoms with Crippen LogP contribution in [-0.2, 0) is 20.2 Å². The molecule has 6 heteroatoms. The average molecular weight is 388 g/mol. The molecule has 1 aliphatic rings. The summed E-state index contributed by atoms with van der Waals surface area (Å²) in [5.41, 5.74) is -0.190. The van der Waals surface area contributed by atoms with Gasteiger partial charge in [-0.2, -0.15) is 0 Å². The Morgan fingerprint density at radius 1 is 1.00 bits per heavy atom. The van der Waals surface area contributed by atoms with Gasteiger partial charge < -0.3 is 4.74 Å². The molecule has 26 heavy (non-hydrogen) atoms. The number of fused-ring (bicyclic) bond motifs is 1. The normalized spacial score (nSPS) is 17.4. The second-order valence-corrected chi connectivity index (χ2v) is 9.35. The third-order valence-corrected chi connectivity index (χ3v) is 7.71. The van der Waals surface area contributed by atoms with Crippen molar-refractivity contribution in [1.29, 1.82) is 0 Å². The predicted molar refractivity (Wildman–Crippen MR) is 105 cm³/mol. The maximum atomic E-state index is 13.1. The van der Waals surface area contributed by atoms with Gasteiger partial charge in [-0.25, -0.2) is 13.1 Å². The van der Waals surface area contributed by atoms with Gasteiger partial charge >= 0.3 is 0 Å². The van der Waals surface area contributed by atoms with Crippen LogP contribution in [0.2, 0.25) is 0 Å². The van der Waals surface area contributed by atoms with Crippen molar-refractivity contribution in [2.24, 2.45) is 0 Å². The van der Waals surface area contributed by atoms with Crippen molar-refractivity contribution in [2.75, 3.05) is 19.8 Å². The first-order valence-electron chi connectivity index (χ1n) is 8.70. The minimum absolute atomic E-state index is 0.190. The van der Waals surface area contributed by atoms with E-state index in [4.69, 9.17) is 4.74 Å². The van der Waals surface area contributed by atoms with Crippen LogP contribution in [0.5, 0.6) is 0 Å². The highest BCUT2D eigenvalue weighted by Crippen LogP contribution is 2.37. The highest BCUT2D eigenvalue weighted by atomic mass is 32.2. The van der Waals surface area contributed by atoms with E-state index in [9.17, 15) is 8.42 Å². The van der Waals surface area contributed by atoms with Crippen molar-refractivity contribution >= 4 is 32.1 Å². The fourth-order valence-electron chi connectivity index (χ4n) is 3.59. The van der Waals surface area contributed by atoms with Crippen molar-refractivity contribution in [3.05, 3.63) is 64.9 Å². The van der Waals surface area contributed by atoms with Gasteiger partial charge in [0.25, 0.3) is 0 Å². The van der Waals surface area contributed by atoms with E-state index in [1.54, 1.807) is 23.5 Å². The van der Waals surface area contributed by atoms with Crippen molar-refractivity contribution < 1.29 is 13.2 Å². The zero-order valence-electron chi connectivity index (χ0n) is 14.4. The fourth-order valence-corrected chi connectivity index (χ4v) is 5.94. The van der Waals surface area contributed by atoms with E-state index in [0.717, 1.165) is 23.6 Å². The van der Waals surface area contributed by atoms with E-state index < -0.39 is 10.0 Å². The van der Waals surface area contributed by atoms with Crippen LogP contribution in [0.1, 0.15) is 17.7 Å². The topological polar surface area (TPSA) is 55.4 Å². The molecule has 0 unspecified atom stereocenters. The van der Waals surface area contributed by atoms with E-state index in [1.807, 2.05) is 41.8 Å². The van der Waals surface area contributed by atoms with Gasteiger partial charge in [0, 0.05) is 35.4 Å². The number of hydrogen-bond acceptors (Lipinski definition) is 4. The maximum Gasteiger partial charge on any atom is 0.241 e. The SMILES string of the molecule is O=S(=O)(NCC1(c2cccs2)CCOCC1)c1cccc2ccccc12. The van der Waals surface area contributed by atoms with Gasteiger partial charge in [-0.05, 0) is 35.7 Å². The molecule has 2 heterocycles. The summed E-state index contributed by atoms with van der Waals surface area (Å²) in [5, 5.41) is 3.72. The summed E-state index contributed by atoms with van der Waals surface area (Å²) in [6.07, 6.45) is 1.65. The molecule has 0 atom stereocenters.